The molecule has 12 heteroatoms. The Labute approximate surface area is 212 Å². The quantitative estimate of drug-likeness (QED) is 0.529. The second-order valence-corrected chi connectivity index (χ2v) is 9.84. The first-order chi connectivity index (χ1) is 17.8. The standard InChI is InChI=1S/C25H29F3N8O/c1-16-32-22-21(37-16)24(31-15-30-22)35-9-4-17(5-10-35)23-33-19(14-36(23)12-11-34-7-2-8-34)18-3-6-29-20(13-18)25(26,27)28/h3,6,13-17H,2,4-5,7-12H2,1H3,(H,30,31,32). The fourth-order valence-electron chi connectivity index (χ4n) is 5.22. The van der Waals surface area contributed by atoms with Gasteiger partial charge in [0.1, 0.15) is 17.8 Å². The minimum Gasteiger partial charge on any atom is -0.463 e. The molecule has 3 aromatic rings. The Kier molecular flexibility index (Phi) is 6.13. The molecule has 0 amide bonds. The summed E-state index contributed by atoms with van der Waals surface area (Å²) < 4.78 is 47.9. The molecular formula is C25H29F3N8O. The number of imidazole rings is 1. The number of ether oxygens (including phenoxy) is 1. The number of nitrogens with one attached hydrogen (secondary N) is 1. The zero-order valence-corrected chi connectivity index (χ0v) is 20.6. The van der Waals surface area contributed by atoms with Gasteiger partial charge in [-0.25, -0.2) is 15.0 Å². The van der Waals surface area contributed by atoms with Crippen LogP contribution in [-0.4, -0.2) is 68.4 Å². The van der Waals surface area contributed by atoms with Gasteiger partial charge in [-0.15, -0.1) is 0 Å². The topological polar surface area (TPSA) is 84.2 Å². The Bertz CT molecular complexity index is 1270. The van der Waals surface area contributed by atoms with Gasteiger partial charge in [0, 0.05) is 50.1 Å². The number of pyridine rings is 1. The summed E-state index contributed by atoms with van der Waals surface area (Å²) in [6.45, 7) is 7.32. The maximum Gasteiger partial charge on any atom is 0.433 e. The van der Waals surface area contributed by atoms with E-state index in [4.69, 9.17) is 9.72 Å². The fourth-order valence-corrected chi connectivity index (χ4v) is 5.22. The second kappa shape index (κ2) is 9.47. The zero-order chi connectivity index (χ0) is 25.6. The van der Waals surface area contributed by atoms with E-state index in [0.717, 1.165) is 69.8 Å². The van der Waals surface area contributed by atoms with Crippen molar-refractivity contribution in [3.63, 3.8) is 0 Å². The molecule has 0 aromatic carbocycles. The molecule has 1 atom stereocenters. The number of hydrogen-bond donors (Lipinski definition) is 1. The first kappa shape index (κ1) is 24.0. The molecule has 2 saturated heterocycles. The Morgan fingerprint density at radius 1 is 1.08 bits per heavy atom. The third-order valence-electron chi connectivity index (χ3n) is 7.34. The molecule has 6 rings (SSSR count). The van der Waals surface area contributed by atoms with E-state index in [2.05, 4.69) is 34.6 Å². The molecular weight excluding hydrogens is 485 g/mol. The van der Waals surface area contributed by atoms with Gasteiger partial charge in [-0.05, 0) is 51.4 Å². The average molecular weight is 515 g/mol. The third kappa shape index (κ3) is 4.81. The van der Waals surface area contributed by atoms with Gasteiger partial charge in [-0.1, -0.05) is 0 Å². The largest absolute Gasteiger partial charge is 0.463 e. The van der Waals surface area contributed by atoms with Gasteiger partial charge < -0.3 is 24.4 Å². The van der Waals surface area contributed by atoms with Crippen LogP contribution in [0.2, 0.25) is 0 Å². The van der Waals surface area contributed by atoms with Crippen LogP contribution in [-0.2, 0) is 12.7 Å². The number of anilines is 2. The molecule has 0 saturated carbocycles. The van der Waals surface area contributed by atoms with Crippen LogP contribution >= 0.6 is 0 Å². The Hall–Kier alpha value is -3.41. The minimum absolute atomic E-state index is 0.147. The second-order valence-electron chi connectivity index (χ2n) is 9.84. The predicted octanol–water partition coefficient (Wildman–Crippen LogP) is 3.99. The van der Waals surface area contributed by atoms with Crippen LogP contribution in [0.25, 0.3) is 11.3 Å². The first-order valence-electron chi connectivity index (χ1n) is 12.7. The highest BCUT2D eigenvalue weighted by atomic mass is 19.4. The number of aromatic nitrogens is 5. The highest BCUT2D eigenvalue weighted by Gasteiger charge is 2.34. The number of rotatable bonds is 6. The van der Waals surface area contributed by atoms with E-state index in [0.29, 0.717) is 22.8 Å². The number of piperidine rings is 1. The molecule has 0 spiro atoms. The average Bonchev–Trinajstić information content (AvgIpc) is 3.45. The van der Waals surface area contributed by atoms with E-state index < -0.39 is 11.9 Å². The van der Waals surface area contributed by atoms with Crippen LogP contribution in [0.1, 0.15) is 43.6 Å². The molecule has 0 radical (unpaired) electrons. The van der Waals surface area contributed by atoms with Gasteiger partial charge in [-0.2, -0.15) is 13.2 Å². The Morgan fingerprint density at radius 2 is 1.89 bits per heavy atom. The van der Waals surface area contributed by atoms with E-state index in [1.165, 1.54) is 12.6 Å². The van der Waals surface area contributed by atoms with Gasteiger partial charge >= 0.3 is 6.18 Å². The fraction of sp³-hybridized carbons (Fsp3) is 0.520. The van der Waals surface area contributed by atoms with Crippen LogP contribution in [0.5, 0.6) is 5.75 Å². The Balaban J connectivity index is 1.23. The maximum atomic E-state index is 13.3. The van der Waals surface area contributed by atoms with Crippen LogP contribution in [0.4, 0.5) is 24.8 Å². The van der Waals surface area contributed by atoms with Gasteiger partial charge in [0.05, 0.1) is 5.69 Å². The van der Waals surface area contributed by atoms with Gasteiger partial charge in [-0.3, -0.25) is 4.98 Å². The summed E-state index contributed by atoms with van der Waals surface area (Å²) in [7, 11) is 0. The molecule has 3 aliphatic rings. The van der Waals surface area contributed by atoms with Crippen molar-refractivity contribution in [1.29, 1.82) is 0 Å². The highest BCUT2D eigenvalue weighted by molar-refractivity contribution is 5.67. The number of likely N-dealkylation sites (tertiary alicyclic amines) is 1. The summed E-state index contributed by atoms with van der Waals surface area (Å²) in [4.78, 5) is 21.7. The lowest BCUT2D eigenvalue weighted by molar-refractivity contribution is -0.141. The monoisotopic (exact) mass is 514 g/mol. The molecule has 0 bridgehead atoms. The van der Waals surface area contributed by atoms with Gasteiger partial charge in [0.25, 0.3) is 0 Å². The number of nitrogens with zero attached hydrogens (tertiary/aromatic N) is 7. The SMILES string of the molecule is CC1Nc2ncnc(N3CCC(c4nc(-c5ccnc(C(F)(F)F)c5)cn4CCN4CCC4)CC3)c2O1. The van der Waals surface area contributed by atoms with E-state index in [9.17, 15) is 13.2 Å². The molecule has 9 nitrogen and oxygen atoms in total. The summed E-state index contributed by atoms with van der Waals surface area (Å²) in [5, 5.41) is 3.19. The van der Waals surface area contributed by atoms with Crippen molar-refractivity contribution < 1.29 is 17.9 Å². The minimum atomic E-state index is -4.50. The van der Waals surface area contributed by atoms with Crippen LogP contribution in [0.3, 0.4) is 0 Å². The van der Waals surface area contributed by atoms with Crippen LogP contribution in [0.15, 0.2) is 30.9 Å². The smallest absolute Gasteiger partial charge is 0.433 e. The van der Waals surface area contributed by atoms with Crippen molar-refractivity contribution in [2.45, 2.75) is 51.1 Å². The molecule has 0 aliphatic carbocycles. The van der Waals surface area contributed by atoms with E-state index >= 15 is 0 Å². The molecule has 37 heavy (non-hydrogen) atoms. The summed E-state index contributed by atoms with van der Waals surface area (Å²) >= 11 is 0. The molecule has 196 valence electrons. The van der Waals surface area contributed by atoms with Crippen molar-refractivity contribution in [2.24, 2.45) is 0 Å². The van der Waals surface area contributed by atoms with Gasteiger partial charge in [0.2, 0.25) is 5.75 Å². The summed E-state index contributed by atoms with van der Waals surface area (Å²) in [5.74, 6) is 3.31. The van der Waals surface area contributed by atoms with E-state index in [1.807, 2.05) is 13.1 Å². The van der Waals surface area contributed by atoms with Crippen molar-refractivity contribution in [2.75, 3.05) is 42.9 Å². The molecule has 1 unspecified atom stereocenters. The number of halogens is 3. The van der Waals surface area contributed by atoms with Crippen LogP contribution < -0.4 is 15.0 Å². The van der Waals surface area contributed by atoms with E-state index in [1.54, 1.807) is 12.4 Å². The molecule has 3 aromatic heterocycles. The van der Waals surface area contributed by atoms with E-state index in [-0.39, 0.29) is 12.1 Å². The molecule has 3 aliphatic heterocycles. The summed E-state index contributed by atoms with van der Waals surface area (Å²) in [5.41, 5.74) is 0.0773. The molecule has 2 fully saturated rings. The molecule has 6 heterocycles. The Morgan fingerprint density at radius 3 is 2.62 bits per heavy atom. The van der Waals surface area contributed by atoms with Crippen molar-refractivity contribution >= 4 is 11.6 Å². The normalized spacial score (nSPS) is 20.3. The summed E-state index contributed by atoms with van der Waals surface area (Å²) in [6.07, 6.45) is 2.92. The number of alkyl halides is 3. The van der Waals surface area contributed by atoms with Crippen molar-refractivity contribution in [3.05, 3.63) is 42.4 Å². The van der Waals surface area contributed by atoms with Crippen LogP contribution in [0, 0.1) is 0 Å². The number of hydrogen-bond acceptors (Lipinski definition) is 8. The predicted molar refractivity (Wildman–Crippen MR) is 131 cm³/mol. The van der Waals surface area contributed by atoms with Crippen molar-refractivity contribution in [1.82, 2.24) is 29.4 Å². The lowest BCUT2D eigenvalue weighted by Crippen LogP contribution is -2.39. The lowest BCUT2D eigenvalue weighted by Gasteiger charge is -2.34. The summed E-state index contributed by atoms with van der Waals surface area (Å²) in [6, 6.07) is 2.67. The maximum absolute atomic E-state index is 13.3. The lowest BCUT2D eigenvalue weighted by atomic mass is 9.95. The third-order valence-corrected chi connectivity index (χ3v) is 7.34. The molecule has 1 N–H and O–H groups in total. The first-order valence-corrected chi connectivity index (χ1v) is 12.7. The van der Waals surface area contributed by atoms with Crippen molar-refractivity contribution in [3.8, 4) is 17.0 Å². The number of fused-ring (bicyclic) bond motifs is 1. The van der Waals surface area contributed by atoms with Gasteiger partial charge in [0.15, 0.2) is 17.9 Å². The highest BCUT2D eigenvalue weighted by Crippen LogP contribution is 2.40. The zero-order valence-electron chi connectivity index (χ0n) is 20.6.